The Morgan fingerprint density at radius 2 is 1.79 bits per heavy atom. The van der Waals surface area contributed by atoms with E-state index in [9.17, 15) is 0 Å². The molecular weight excluding hydrogens is 432 g/mol. The van der Waals surface area contributed by atoms with Crippen LogP contribution in [0.5, 0.6) is 5.75 Å². The lowest BCUT2D eigenvalue weighted by atomic mass is 10.0. The van der Waals surface area contributed by atoms with Crippen LogP contribution in [0.2, 0.25) is 5.02 Å². The fraction of sp³-hybridized carbons (Fsp3) is 0.185. The first-order valence-corrected chi connectivity index (χ1v) is 11.6. The van der Waals surface area contributed by atoms with Gasteiger partial charge in [-0.3, -0.25) is 4.57 Å². The maximum absolute atomic E-state index is 6.42. The Morgan fingerprint density at radius 1 is 1.00 bits per heavy atom. The number of halogens is 1. The molecule has 0 aliphatic carbocycles. The number of anilines is 1. The first-order chi connectivity index (χ1) is 16.2. The van der Waals surface area contributed by atoms with Crippen LogP contribution in [0.25, 0.3) is 22.7 Å². The fourth-order valence-electron chi connectivity index (χ4n) is 4.66. The number of ether oxygens (including phenoxy) is 1. The molecule has 0 saturated carbocycles. The zero-order chi connectivity index (χ0) is 22.5. The van der Waals surface area contributed by atoms with Crippen molar-refractivity contribution in [2.45, 2.75) is 20.0 Å². The SMILES string of the molecule is CCN(CC)c1ccc2c(c1)OC1=N[C@@H](c3ccc(Cl)cc3)n3c(nc4ccccc43)C1=C2. The predicted octanol–water partition coefficient (Wildman–Crippen LogP) is 6.43. The second-order valence-electron chi connectivity index (χ2n) is 8.21. The van der Waals surface area contributed by atoms with Crippen LogP contribution < -0.4 is 9.64 Å². The highest BCUT2D eigenvalue weighted by atomic mass is 35.5. The van der Waals surface area contributed by atoms with E-state index in [-0.39, 0.29) is 6.17 Å². The molecule has 0 fully saturated rings. The Hall–Kier alpha value is -3.57. The van der Waals surface area contributed by atoms with Crippen LogP contribution in [0.4, 0.5) is 5.69 Å². The number of fused-ring (bicyclic) bond motifs is 6. The summed E-state index contributed by atoms with van der Waals surface area (Å²) in [6, 6.07) is 22.4. The van der Waals surface area contributed by atoms with Crippen LogP contribution in [-0.2, 0) is 0 Å². The van der Waals surface area contributed by atoms with Gasteiger partial charge in [0.15, 0.2) is 6.17 Å². The molecule has 2 aliphatic rings. The monoisotopic (exact) mass is 454 g/mol. The number of hydrogen-bond donors (Lipinski definition) is 0. The molecule has 6 rings (SSSR count). The lowest BCUT2D eigenvalue weighted by Gasteiger charge is -2.29. The molecule has 4 aromatic rings. The van der Waals surface area contributed by atoms with Gasteiger partial charge < -0.3 is 9.64 Å². The second-order valence-corrected chi connectivity index (χ2v) is 8.64. The Balaban J connectivity index is 1.54. The first kappa shape index (κ1) is 20.1. The van der Waals surface area contributed by atoms with Gasteiger partial charge in [-0.25, -0.2) is 9.98 Å². The maximum atomic E-state index is 6.42. The average Bonchev–Trinajstić information content (AvgIpc) is 3.24. The summed E-state index contributed by atoms with van der Waals surface area (Å²) in [7, 11) is 0. The topological polar surface area (TPSA) is 42.6 Å². The summed E-state index contributed by atoms with van der Waals surface area (Å²) in [5.41, 5.74) is 6.09. The third kappa shape index (κ3) is 3.23. The second kappa shape index (κ2) is 7.78. The molecule has 0 spiro atoms. The minimum Gasteiger partial charge on any atom is -0.438 e. The Bertz CT molecular complexity index is 1430. The lowest BCUT2D eigenvalue weighted by Crippen LogP contribution is -2.27. The van der Waals surface area contributed by atoms with Gasteiger partial charge in [0.25, 0.3) is 0 Å². The quantitative estimate of drug-likeness (QED) is 0.357. The van der Waals surface area contributed by atoms with Gasteiger partial charge in [-0.2, -0.15) is 0 Å². The van der Waals surface area contributed by atoms with E-state index in [0.717, 1.165) is 58.1 Å². The van der Waals surface area contributed by atoms with Gasteiger partial charge >= 0.3 is 0 Å². The highest BCUT2D eigenvalue weighted by Gasteiger charge is 2.33. The Morgan fingerprint density at radius 3 is 2.58 bits per heavy atom. The standard InChI is InChI=1S/C27H23ClN4O/c1-3-31(4-2)20-14-11-18-15-21-26-29-22-7-5-6-8-23(22)32(26)25(17-9-12-19(28)13-10-17)30-27(21)33-24(18)16-20/h5-16,25H,3-4H2,1-2H3/t25-/m1/s1. The fourth-order valence-corrected chi connectivity index (χ4v) is 4.78. The average molecular weight is 455 g/mol. The largest absolute Gasteiger partial charge is 0.438 e. The third-order valence-electron chi connectivity index (χ3n) is 6.35. The number of aromatic nitrogens is 2. The Labute approximate surface area is 197 Å². The molecule has 3 aromatic carbocycles. The van der Waals surface area contributed by atoms with Crippen LogP contribution in [-0.4, -0.2) is 28.5 Å². The van der Waals surface area contributed by atoms with Crippen LogP contribution in [0, 0.1) is 0 Å². The molecule has 3 heterocycles. The molecule has 0 N–H and O–H groups in total. The van der Waals surface area contributed by atoms with Gasteiger partial charge in [-0.15, -0.1) is 0 Å². The molecule has 5 nitrogen and oxygen atoms in total. The molecule has 1 atom stereocenters. The summed E-state index contributed by atoms with van der Waals surface area (Å²) in [5.74, 6) is 2.28. The van der Waals surface area contributed by atoms with Crippen LogP contribution in [0.15, 0.2) is 71.7 Å². The Kier molecular flexibility index (Phi) is 4.73. The number of nitrogens with zero attached hydrogens (tertiary/aromatic N) is 4. The van der Waals surface area contributed by atoms with Crippen molar-refractivity contribution in [3.8, 4) is 5.75 Å². The number of imidazole rings is 1. The normalized spacial score (nSPS) is 16.3. The molecule has 0 amide bonds. The van der Waals surface area contributed by atoms with Crippen molar-refractivity contribution in [2.75, 3.05) is 18.0 Å². The number of aliphatic imine (C=N–C) groups is 1. The first-order valence-electron chi connectivity index (χ1n) is 11.3. The maximum Gasteiger partial charge on any atom is 0.228 e. The van der Waals surface area contributed by atoms with Crippen LogP contribution in [0.1, 0.15) is 37.0 Å². The zero-order valence-corrected chi connectivity index (χ0v) is 19.3. The van der Waals surface area contributed by atoms with Crippen molar-refractivity contribution >= 4 is 45.9 Å². The van der Waals surface area contributed by atoms with Crippen molar-refractivity contribution in [1.29, 1.82) is 0 Å². The summed E-state index contributed by atoms with van der Waals surface area (Å²) in [4.78, 5) is 12.4. The molecule has 0 bridgehead atoms. The highest BCUT2D eigenvalue weighted by Crippen LogP contribution is 2.41. The molecule has 0 radical (unpaired) electrons. The number of benzene rings is 3. The van der Waals surface area contributed by atoms with Crippen molar-refractivity contribution in [1.82, 2.24) is 9.55 Å². The van der Waals surface area contributed by atoms with Gasteiger partial charge in [0.1, 0.15) is 11.6 Å². The summed E-state index contributed by atoms with van der Waals surface area (Å²) < 4.78 is 8.61. The van der Waals surface area contributed by atoms with E-state index in [4.69, 9.17) is 26.3 Å². The summed E-state index contributed by atoms with van der Waals surface area (Å²) in [6.45, 7) is 6.21. The minimum absolute atomic E-state index is 0.288. The predicted molar refractivity (Wildman–Crippen MR) is 135 cm³/mol. The van der Waals surface area contributed by atoms with Crippen LogP contribution >= 0.6 is 11.6 Å². The number of para-hydroxylation sites is 2. The highest BCUT2D eigenvalue weighted by molar-refractivity contribution is 6.30. The molecular formula is C27H23ClN4O. The van der Waals surface area contributed by atoms with Gasteiger partial charge in [-0.1, -0.05) is 35.9 Å². The van der Waals surface area contributed by atoms with E-state index in [2.05, 4.69) is 53.7 Å². The van der Waals surface area contributed by atoms with Gasteiger partial charge in [0.2, 0.25) is 5.90 Å². The molecule has 1 aromatic heterocycles. The lowest BCUT2D eigenvalue weighted by molar-refractivity contribution is 0.516. The van der Waals surface area contributed by atoms with Crippen molar-refractivity contribution in [3.05, 3.63) is 88.7 Å². The number of hydrogen-bond acceptors (Lipinski definition) is 4. The molecule has 0 saturated heterocycles. The van der Waals surface area contributed by atoms with E-state index in [1.165, 1.54) is 0 Å². The minimum atomic E-state index is -0.288. The van der Waals surface area contributed by atoms with Crippen molar-refractivity contribution in [2.24, 2.45) is 4.99 Å². The van der Waals surface area contributed by atoms with Gasteiger partial charge in [0.05, 0.1) is 16.6 Å². The van der Waals surface area contributed by atoms with Crippen LogP contribution in [0.3, 0.4) is 0 Å². The zero-order valence-electron chi connectivity index (χ0n) is 18.5. The third-order valence-corrected chi connectivity index (χ3v) is 6.60. The van der Waals surface area contributed by atoms with E-state index in [0.29, 0.717) is 10.9 Å². The van der Waals surface area contributed by atoms with E-state index >= 15 is 0 Å². The molecule has 0 unspecified atom stereocenters. The molecule has 164 valence electrons. The summed E-state index contributed by atoms with van der Waals surface area (Å²) >= 11 is 6.16. The van der Waals surface area contributed by atoms with Gasteiger partial charge in [0, 0.05) is 35.4 Å². The van der Waals surface area contributed by atoms with E-state index in [1.54, 1.807) is 0 Å². The van der Waals surface area contributed by atoms with Crippen molar-refractivity contribution in [3.63, 3.8) is 0 Å². The number of rotatable bonds is 4. The van der Waals surface area contributed by atoms with Crippen molar-refractivity contribution < 1.29 is 4.74 Å². The summed E-state index contributed by atoms with van der Waals surface area (Å²) in [5, 5.41) is 0.699. The smallest absolute Gasteiger partial charge is 0.228 e. The van der Waals surface area contributed by atoms with E-state index < -0.39 is 0 Å². The summed E-state index contributed by atoms with van der Waals surface area (Å²) in [6.07, 6.45) is 1.85. The molecule has 6 heteroatoms. The van der Waals surface area contributed by atoms with E-state index in [1.807, 2.05) is 42.5 Å². The molecule has 33 heavy (non-hydrogen) atoms. The molecule has 2 aliphatic heterocycles. The van der Waals surface area contributed by atoms with Gasteiger partial charge in [-0.05, 0) is 61.9 Å².